The van der Waals surface area contributed by atoms with Crippen LogP contribution in [0, 0.1) is 0 Å². The first kappa shape index (κ1) is 14.7. The Labute approximate surface area is 129 Å². The summed E-state index contributed by atoms with van der Waals surface area (Å²) in [6, 6.07) is 3.78. The van der Waals surface area contributed by atoms with Gasteiger partial charge in [0.1, 0.15) is 6.10 Å². The maximum atomic E-state index is 12.6. The van der Waals surface area contributed by atoms with Crippen LogP contribution in [0.15, 0.2) is 30.7 Å². The normalized spacial score (nSPS) is 16.0. The van der Waals surface area contributed by atoms with E-state index in [1.807, 2.05) is 30.2 Å². The number of carbonyl (C=O) groups is 1. The number of carbonyl (C=O) groups excluding carboxylic acids is 1. The molecule has 22 heavy (non-hydrogen) atoms. The van der Waals surface area contributed by atoms with Crippen LogP contribution in [0.4, 0.5) is 0 Å². The Balaban J connectivity index is 1.58. The van der Waals surface area contributed by atoms with Gasteiger partial charge >= 0.3 is 0 Å². The van der Waals surface area contributed by atoms with E-state index in [2.05, 4.69) is 15.2 Å². The summed E-state index contributed by atoms with van der Waals surface area (Å²) >= 11 is 0. The molecule has 0 radical (unpaired) electrons. The van der Waals surface area contributed by atoms with Crippen LogP contribution in [0.3, 0.4) is 0 Å². The van der Waals surface area contributed by atoms with Gasteiger partial charge in [0, 0.05) is 36.7 Å². The molecule has 0 fully saturated rings. The lowest BCUT2D eigenvalue weighted by Gasteiger charge is -2.24. The van der Waals surface area contributed by atoms with Crippen molar-refractivity contribution in [1.29, 1.82) is 0 Å². The molecule has 0 spiro atoms. The number of ether oxygens (including phenoxy) is 1. The molecule has 3 rings (SSSR count). The highest BCUT2D eigenvalue weighted by atomic mass is 16.5. The SMILES string of the molecule is CC(OCc1ccncc1)C(=O)N1CCCc2[nH]ncc2C1. The van der Waals surface area contributed by atoms with Crippen molar-refractivity contribution in [3.05, 3.63) is 47.5 Å². The maximum Gasteiger partial charge on any atom is 0.251 e. The second-order valence-corrected chi connectivity index (χ2v) is 5.55. The minimum Gasteiger partial charge on any atom is -0.364 e. The summed E-state index contributed by atoms with van der Waals surface area (Å²) in [4.78, 5) is 18.4. The molecule has 2 aromatic rings. The third-order valence-electron chi connectivity index (χ3n) is 3.93. The van der Waals surface area contributed by atoms with E-state index < -0.39 is 6.10 Å². The molecule has 0 aromatic carbocycles. The Morgan fingerprint density at radius 1 is 1.45 bits per heavy atom. The fraction of sp³-hybridized carbons (Fsp3) is 0.438. The van der Waals surface area contributed by atoms with Crippen molar-refractivity contribution in [2.24, 2.45) is 0 Å². The number of fused-ring (bicyclic) bond motifs is 1. The number of aromatic amines is 1. The number of H-pyrrole nitrogens is 1. The lowest BCUT2D eigenvalue weighted by Crippen LogP contribution is -2.38. The lowest BCUT2D eigenvalue weighted by atomic mass is 10.2. The van der Waals surface area contributed by atoms with Crippen LogP contribution >= 0.6 is 0 Å². The van der Waals surface area contributed by atoms with Crippen molar-refractivity contribution in [2.45, 2.75) is 39.0 Å². The number of nitrogens with zero attached hydrogens (tertiary/aromatic N) is 3. The highest BCUT2D eigenvalue weighted by Crippen LogP contribution is 2.17. The molecule has 0 saturated heterocycles. The number of aromatic nitrogens is 3. The Kier molecular flexibility index (Phi) is 4.48. The zero-order valence-electron chi connectivity index (χ0n) is 12.7. The van der Waals surface area contributed by atoms with Gasteiger partial charge in [-0.1, -0.05) is 0 Å². The van der Waals surface area contributed by atoms with Crippen LogP contribution in [-0.2, 0) is 29.1 Å². The molecule has 0 aliphatic carbocycles. The molecule has 1 atom stereocenters. The summed E-state index contributed by atoms with van der Waals surface area (Å²) in [5, 5.41) is 7.07. The molecule has 1 amide bonds. The van der Waals surface area contributed by atoms with Crippen LogP contribution in [0.25, 0.3) is 0 Å². The van der Waals surface area contributed by atoms with E-state index in [4.69, 9.17) is 4.74 Å². The third-order valence-corrected chi connectivity index (χ3v) is 3.93. The van der Waals surface area contributed by atoms with Crippen molar-refractivity contribution in [3.8, 4) is 0 Å². The Morgan fingerprint density at radius 2 is 2.27 bits per heavy atom. The molecule has 0 bridgehead atoms. The second-order valence-electron chi connectivity index (χ2n) is 5.55. The molecule has 0 saturated carbocycles. The number of pyridine rings is 1. The van der Waals surface area contributed by atoms with Gasteiger partial charge in [-0.25, -0.2) is 0 Å². The number of hydrogen-bond acceptors (Lipinski definition) is 4. The van der Waals surface area contributed by atoms with Gasteiger partial charge in [-0.15, -0.1) is 0 Å². The summed E-state index contributed by atoms with van der Waals surface area (Å²) in [7, 11) is 0. The van der Waals surface area contributed by atoms with Crippen LogP contribution in [0.5, 0.6) is 0 Å². The van der Waals surface area contributed by atoms with Crippen LogP contribution in [0.2, 0.25) is 0 Å². The van der Waals surface area contributed by atoms with Gasteiger partial charge in [0.2, 0.25) is 0 Å². The predicted molar refractivity (Wildman–Crippen MR) is 80.8 cm³/mol. The minimum absolute atomic E-state index is 0.0307. The van der Waals surface area contributed by atoms with Crippen molar-refractivity contribution in [2.75, 3.05) is 6.54 Å². The molecule has 6 nitrogen and oxygen atoms in total. The summed E-state index contributed by atoms with van der Waals surface area (Å²) in [5.74, 6) is 0.0307. The predicted octanol–water partition coefficient (Wildman–Crippen LogP) is 1.68. The molecule has 1 aliphatic rings. The van der Waals surface area contributed by atoms with E-state index >= 15 is 0 Å². The molecule has 1 aliphatic heterocycles. The van der Waals surface area contributed by atoms with Crippen LogP contribution < -0.4 is 0 Å². The molecular weight excluding hydrogens is 280 g/mol. The molecule has 116 valence electrons. The summed E-state index contributed by atoms with van der Waals surface area (Å²) in [6.45, 7) is 3.59. The first-order valence-corrected chi connectivity index (χ1v) is 7.54. The second kappa shape index (κ2) is 6.70. The summed E-state index contributed by atoms with van der Waals surface area (Å²) in [5.41, 5.74) is 3.26. The van der Waals surface area contributed by atoms with Gasteiger partial charge in [0.25, 0.3) is 5.91 Å². The van der Waals surface area contributed by atoms with Gasteiger partial charge in [0.15, 0.2) is 0 Å². The van der Waals surface area contributed by atoms with Gasteiger partial charge in [-0.3, -0.25) is 14.9 Å². The number of hydrogen-bond donors (Lipinski definition) is 1. The summed E-state index contributed by atoms with van der Waals surface area (Å²) < 4.78 is 5.71. The summed E-state index contributed by atoms with van der Waals surface area (Å²) in [6.07, 6.45) is 6.68. The van der Waals surface area contributed by atoms with Gasteiger partial charge < -0.3 is 9.64 Å². The number of amides is 1. The van der Waals surface area contributed by atoms with E-state index in [0.29, 0.717) is 13.2 Å². The highest BCUT2D eigenvalue weighted by molar-refractivity contribution is 5.80. The topological polar surface area (TPSA) is 71.1 Å². The smallest absolute Gasteiger partial charge is 0.251 e. The third kappa shape index (κ3) is 3.33. The van der Waals surface area contributed by atoms with Crippen molar-refractivity contribution in [3.63, 3.8) is 0 Å². The van der Waals surface area contributed by atoms with E-state index in [1.54, 1.807) is 12.4 Å². The van der Waals surface area contributed by atoms with Gasteiger partial charge in [-0.05, 0) is 37.5 Å². The molecule has 1 N–H and O–H groups in total. The molecule has 3 heterocycles. The first-order chi connectivity index (χ1) is 10.7. The average molecular weight is 300 g/mol. The van der Waals surface area contributed by atoms with Gasteiger partial charge in [-0.2, -0.15) is 5.10 Å². The Morgan fingerprint density at radius 3 is 3.09 bits per heavy atom. The molecule has 2 aromatic heterocycles. The number of aryl methyl sites for hydroxylation is 1. The first-order valence-electron chi connectivity index (χ1n) is 7.54. The molecular formula is C16H20N4O2. The molecule has 1 unspecified atom stereocenters. The lowest BCUT2D eigenvalue weighted by molar-refractivity contribution is -0.144. The maximum absolute atomic E-state index is 12.6. The van der Waals surface area contributed by atoms with Crippen molar-refractivity contribution >= 4 is 5.91 Å². The van der Waals surface area contributed by atoms with Gasteiger partial charge in [0.05, 0.1) is 12.8 Å². The van der Waals surface area contributed by atoms with Crippen LogP contribution in [0.1, 0.15) is 30.2 Å². The highest BCUT2D eigenvalue weighted by Gasteiger charge is 2.24. The zero-order chi connectivity index (χ0) is 15.4. The van der Waals surface area contributed by atoms with Crippen molar-refractivity contribution < 1.29 is 9.53 Å². The Hall–Kier alpha value is -2.21. The Bertz CT molecular complexity index is 626. The quantitative estimate of drug-likeness (QED) is 0.932. The zero-order valence-corrected chi connectivity index (χ0v) is 12.7. The van der Waals surface area contributed by atoms with E-state index in [9.17, 15) is 4.79 Å². The number of rotatable bonds is 4. The largest absolute Gasteiger partial charge is 0.364 e. The van der Waals surface area contributed by atoms with Crippen molar-refractivity contribution in [1.82, 2.24) is 20.1 Å². The monoisotopic (exact) mass is 300 g/mol. The number of nitrogens with one attached hydrogen (secondary N) is 1. The molecule has 6 heteroatoms. The fourth-order valence-electron chi connectivity index (χ4n) is 2.64. The van der Waals surface area contributed by atoms with E-state index in [0.717, 1.165) is 36.2 Å². The fourth-order valence-corrected chi connectivity index (χ4v) is 2.64. The van der Waals surface area contributed by atoms with E-state index in [1.165, 1.54) is 0 Å². The standard InChI is InChI=1S/C16H20N4O2/c1-12(22-11-13-4-6-17-7-5-13)16(21)20-8-2-3-15-14(10-20)9-18-19-15/h4-7,9,12H,2-3,8,10-11H2,1H3,(H,18,19). The van der Waals surface area contributed by atoms with E-state index in [-0.39, 0.29) is 5.91 Å². The minimum atomic E-state index is -0.457. The van der Waals surface area contributed by atoms with Crippen LogP contribution in [-0.4, -0.2) is 38.6 Å². The average Bonchev–Trinajstić information content (AvgIpc) is 2.90.